The number of benzene rings is 1. The van der Waals surface area contributed by atoms with Gasteiger partial charge < -0.3 is 5.11 Å². The van der Waals surface area contributed by atoms with Crippen molar-refractivity contribution in [1.29, 1.82) is 0 Å². The smallest absolute Gasteiger partial charge is 0.307 e. The summed E-state index contributed by atoms with van der Waals surface area (Å²) in [6, 6.07) is 4.32. The van der Waals surface area contributed by atoms with Crippen LogP contribution in [0.1, 0.15) is 48.4 Å². The Morgan fingerprint density at radius 1 is 1.22 bits per heavy atom. The normalized spacial score (nSPS) is 11.7. The lowest BCUT2D eigenvalue weighted by atomic mass is 9.91. The Hall–Kier alpha value is -1.57. The summed E-state index contributed by atoms with van der Waals surface area (Å²) < 4.78 is 0. The van der Waals surface area contributed by atoms with E-state index in [0.717, 1.165) is 18.4 Å². The summed E-state index contributed by atoms with van der Waals surface area (Å²) in [5.41, 5.74) is 6.11. The lowest BCUT2D eigenvalue weighted by molar-refractivity contribution is -0.135. The summed E-state index contributed by atoms with van der Waals surface area (Å²) in [4.78, 5) is 10.7. The number of hydrogen-bond donors (Lipinski definition) is 1. The molecule has 0 atom stereocenters. The van der Waals surface area contributed by atoms with E-state index >= 15 is 0 Å². The van der Waals surface area contributed by atoms with E-state index < -0.39 is 5.97 Å². The standard InChI is InChI=1S/C16H22O2/c1-5-6-14(7-8-15(17)18)16-12(3)9-11(2)10-13(16)4/h7,9-10H,5-6,8H2,1-4H3,(H,17,18)/b14-7+. The van der Waals surface area contributed by atoms with Gasteiger partial charge in [0, 0.05) is 0 Å². The van der Waals surface area contributed by atoms with E-state index in [-0.39, 0.29) is 6.42 Å². The molecule has 0 amide bonds. The van der Waals surface area contributed by atoms with Crippen LogP contribution in [0.3, 0.4) is 0 Å². The van der Waals surface area contributed by atoms with Crippen molar-refractivity contribution in [3.63, 3.8) is 0 Å². The highest BCUT2D eigenvalue weighted by molar-refractivity contribution is 5.76. The fourth-order valence-corrected chi connectivity index (χ4v) is 2.50. The number of carbonyl (C=O) groups is 1. The Labute approximate surface area is 109 Å². The van der Waals surface area contributed by atoms with Crippen LogP contribution in [-0.4, -0.2) is 11.1 Å². The first kappa shape index (κ1) is 14.5. The van der Waals surface area contributed by atoms with Gasteiger partial charge in [-0.1, -0.05) is 37.1 Å². The molecule has 0 aliphatic rings. The van der Waals surface area contributed by atoms with Crippen LogP contribution in [0.5, 0.6) is 0 Å². The molecule has 2 nitrogen and oxygen atoms in total. The second-order valence-electron chi connectivity index (χ2n) is 4.85. The van der Waals surface area contributed by atoms with Crippen LogP contribution in [0, 0.1) is 20.8 Å². The third kappa shape index (κ3) is 3.73. The van der Waals surface area contributed by atoms with Crippen LogP contribution < -0.4 is 0 Å². The van der Waals surface area contributed by atoms with Crippen molar-refractivity contribution in [1.82, 2.24) is 0 Å². The summed E-state index contributed by atoms with van der Waals surface area (Å²) >= 11 is 0. The molecule has 0 aliphatic carbocycles. The Balaban J connectivity index is 3.21. The molecule has 1 aromatic rings. The molecule has 18 heavy (non-hydrogen) atoms. The fourth-order valence-electron chi connectivity index (χ4n) is 2.50. The number of hydrogen-bond acceptors (Lipinski definition) is 1. The van der Waals surface area contributed by atoms with Gasteiger partial charge in [-0.25, -0.2) is 0 Å². The highest BCUT2D eigenvalue weighted by Crippen LogP contribution is 2.28. The second-order valence-corrected chi connectivity index (χ2v) is 4.85. The minimum absolute atomic E-state index is 0.0993. The fraction of sp³-hybridized carbons (Fsp3) is 0.438. The van der Waals surface area contributed by atoms with Gasteiger partial charge in [0.05, 0.1) is 6.42 Å². The molecule has 0 radical (unpaired) electrons. The molecule has 0 saturated carbocycles. The Bertz CT molecular complexity index is 447. The van der Waals surface area contributed by atoms with E-state index in [2.05, 4.69) is 39.8 Å². The quantitative estimate of drug-likeness (QED) is 0.842. The van der Waals surface area contributed by atoms with Crippen LogP contribution in [0.15, 0.2) is 18.2 Å². The maximum Gasteiger partial charge on any atom is 0.307 e. The first-order valence-electron chi connectivity index (χ1n) is 6.44. The first-order chi connectivity index (χ1) is 8.45. The van der Waals surface area contributed by atoms with Crippen LogP contribution in [0.2, 0.25) is 0 Å². The van der Waals surface area contributed by atoms with Crippen molar-refractivity contribution in [2.24, 2.45) is 0 Å². The molecule has 0 unspecified atom stereocenters. The number of rotatable bonds is 5. The number of aliphatic carboxylic acids is 1. The Kier molecular flexibility index (Phi) is 5.14. The Morgan fingerprint density at radius 3 is 2.22 bits per heavy atom. The molecule has 0 fully saturated rings. The highest BCUT2D eigenvalue weighted by Gasteiger charge is 2.09. The SMILES string of the molecule is CCC/C(=C\CC(=O)O)c1c(C)cc(C)cc1C. The van der Waals surface area contributed by atoms with Crippen LogP contribution in [0.4, 0.5) is 0 Å². The van der Waals surface area contributed by atoms with E-state index in [0.29, 0.717) is 0 Å². The van der Waals surface area contributed by atoms with Crippen molar-refractivity contribution in [3.05, 3.63) is 40.5 Å². The van der Waals surface area contributed by atoms with Gasteiger partial charge in [0.25, 0.3) is 0 Å². The molecule has 0 aliphatic heterocycles. The monoisotopic (exact) mass is 246 g/mol. The lowest BCUT2D eigenvalue weighted by Gasteiger charge is -2.14. The number of allylic oxidation sites excluding steroid dienone is 1. The highest BCUT2D eigenvalue weighted by atomic mass is 16.4. The van der Waals surface area contributed by atoms with Crippen molar-refractivity contribution in [3.8, 4) is 0 Å². The largest absolute Gasteiger partial charge is 0.481 e. The molecule has 1 aromatic carbocycles. The lowest BCUT2D eigenvalue weighted by Crippen LogP contribution is -1.97. The van der Waals surface area contributed by atoms with Gasteiger partial charge >= 0.3 is 5.97 Å². The van der Waals surface area contributed by atoms with Gasteiger partial charge in [0.2, 0.25) is 0 Å². The zero-order valence-corrected chi connectivity index (χ0v) is 11.7. The van der Waals surface area contributed by atoms with Gasteiger partial charge in [0.1, 0.15) is 0 Å². The first-order valence-corrected chi connectivity index (χ1v) is 6.44. The third-order valence-corrected chi connectivity index (χ3v) is 3.04. The number of carboxylic acids is 1. The minimum atomic E-state index is -0.772. The zero-order chi connectivity index (χ0) is 13.7. The van der Waals surface area contributed by atoms with Crippen LogP contribution >= 0.6 is 0 Å². The summed E-state index contributed by atoms with van der Waals surface area (Å²) in [5, 5.41) is 8.82. The topological polar surface area (TPSA) is 37.3 Å². The molecule has 0 aromatic heterocycles. The van der Waals surface area contributed by atoms with Crippen LogP contribution in [0.25, 0.3) is 5.57 Å². The van der Waals surface area contributed by atoms with Gasteiger partial charge in [0.15, 0.2) is 0 Å². The van der Waals surface area contributed by atoms with Gasteiger partial charge in [-0.15, -0.1) is 0 Å². The molecule has 0 bridgehead atoms. The molecular formula is C16H22O2. The molecule has 1 N–H and O–H groups in total. The molecule has 0 spiro atoms. The molecule has 0 saturated heterocycles. The van der Waals surface area contributed by atoms with E-state index in [1.165, 1.54) is 22.3 Å². The zero-order valence-electron chi connectivity index (χ0n) is 11.7. The van der Waals surface area contributed by atoms with Crippen molar-refractivity contribution in [2.75, 3.05) is 0 Å². The van der Waals surface area contributed by atoms with Crippen molar-refractivity contribution in [2.45, 2.75) is 47.0 Å². The molecule has 2 heteroatoms. The second kappa shape index (κ2) is 6.39. The average molecular weight is 246 g/mol. The predicted octanol–water partition coefficient (Wildman–Crippen LogP) is 4.27. The number of carboxylic acid groups (broad SMARTS) is 1. The molecule has 98 valence electrons. The van der Waals surface area contributed by atoms with Crippen molar-refractivity contribution < 1.29 is 9.90 Å². The van der Waals surface area contributed by atoms with Gasteiger partial charge in [-0.05, 0) is 49.5 Å². The minimum Gasteiger partial charge on any atom is -0.481 e. The summed E-state index contributed by atoms with van der Waals surface area (Å²) in [6.07, 6.45) is 3.91. The maximum atomic E-state index is 10.7. The molecule has 0 heterocycles. The summed E-state index contributed by atoms with van der Waals surface area (Å²) in [5.74, 6) is -0.772. The van der Waals surface area contributed by atoms with E-state index in [4.69, 9.17) is 5.11 Å². The van der Waals surface area contributed by atoms with E-state index in [9.17, 15) is 4.79 Å². The summed E-state index contributed by atoms with van der Waals surface area (Å²) in [6.45, 7) is 8.40. The van der Waals surface area contributed by atoms with E-state index in [1.807, 2.05) is 6.08 Å². The van der Waals surface area contributed by atoms with Gasteiger partial charge in [-0.3, -0.25) is 4.79 Å². The maximum absolute atomic E-state index is 10.7. The molecule has 1 rings (SSSR count). The van der Waals surface area contributed by atoms with Crippen LogP contribution in [-0.2, 0) is 4.79 Å². The van der Waals surface area contributed by atoms with Crippen molar-refractivity contribution >= 4 is 11.5 Å². The predicted molar refractivity (Wildman–Crippen MR) is 75.8 cm³/mol. The molecular weight excluding hydrogens is 224 g/mol. The van der Waals surface area contributed by atoms with Gasteiger partial charge in [-0.2, -0.15) is 0 Å². The summed E-state index contributed by atoms with van der Waals surface area (Å²) in [7, 11) is 0. The Morgan fingerprint density at radius 2 is 1.78 bits per heavy atom. The number of aryl methyl sites for hydroxylation is 3. The van der Waals surface area contributed by atoms with E-state index in [1.54, 1.807) is 0 Å². The third-order valence-electron chi connectivity index (χ3n) is 3.04. The average Bonchev–Trinajstić information content (AvgIpc) is 2.24.